The molecule has 0 aliphatic carbocycles. The highest BCUT2D eigenvalue weighted by Crippen LogP contribution is 2.16. The van der Waals surface area contributed by atoms with E-state index < -0.39 is 0 Å². The Bertz CT molecular complexity index is 673. The molecule has 1 fully saturated rings. The molecule has 1 saturated heterocycles. The van der Waals surface area contributed by atoms with Crippen LogP contribution >= 0.6 is 24.0 Å². The summed E-state index contributed by atoms with van der Waals surface area (Å²) in [5.74, 6) is 1.54. The molecular weight excluding hydrogens is 429 g/mol. The van der Waals surface area contributed by atoms with Crippen LogP contribution in [0, 0.1) is 5.92 Å². The van der Waals surface area contributed by atoms with E-state index in [2.05, 4.69) is 20.3 Å². The van der Waals surface area contributed by atoms with Crippen molar-refractivity contribution in [3.05, 3.63) is 48.3 Å². The molecule has 1 N–H and O–H groups in total. The molecule has 0 amide bonds. The zero-order chi connectivity index (χ0) is 16.8. The Balaban J connectivity index is 0.00000225. The summed E-state index contributed by atoms with van der Waals surface area (Å²) in [5.41, 5.74) is 2.20. The minimum Gasteiger partial charge on any atom is -0.384 e. The Kier molecular flexibility index (Phi) is 7.70. The summed E-state index contributed by atoms with van der Waals surface area (Å²) in [6.45, 7) is 3.55. The summed E-state index contributed by atoms with van der Waals surface area (Å²) >= 11 is 0. The molecule has 1 aromatic heterocycles. The second-order valence-electron chi connectivity index (χ2n) is 6.09. The molecule has 1 aromatic carbocycles. The van der Waals surface area contributed by atoms with Gasteiger partial charge in [0.1, 0.15) is 0 Å². The second-order valence-corrected chi connectivity index (χ2v) is 6.09. The molecule has 0 bridgehead atoms. The maximum Gasteiger partial charge on any atom is 0.193 e. The van der Waals surface area contributed by atoms with Crippen LogP contribution < -0.4 is 5.32 Å². The first kappa shape index (κ1) is 19.7. The van der Waals surface area contributed by atoms with Crippen LogP contribution in [0.5, 0.6) is 0 Å². The lowest BCUT2D eigenvalue weighted by atomic mass is 10.1. The maximum atomic E-state index is 5.26. The first-order valence-electron chi connectivity index (χ1n) is 8.33. The SMILES string of the molecule is CN=C(NCc1cnn(-c2ccccc2)c1)N1CCC(COC)C1.I. The number of rotatable bonds is 5. The highest BCUT2D eigenvalue weighted by atomic mass is 127. The number of benzene rings is 1. The van der Waals surface area contributed by atoms with Crippen LogP contribution in [0.4, 0.5) is 0 Å². The molecule has 0 spiro atoms. The van der Waals surface area contributed by atoms with Crippen molar-refractivity contribution >= 4 is 29.9 Å². The average molecular weight is 455 g/mol. The van der Waals surface area contributed by atoms with Crippen molar-refractivity contribution in [2.45, 2.75) is 13.0 Å². The smallest absolute Gasteiger partial charge is 0.193 e. The Labute approximate surface area is 166 Å². The molecule has 6 nitrogen and oxygen atoms in total. The van der Waals surface area contributed by atoms with Crippen molar-refractivity contribution < 1.29 is 4.74 Å². The quantitative estimate of drug-likeness (QED) is 0.428. The summed E-state index contributed by atoms with van der Waals surface area (Å²) in [4.78, 5) is 6.71. The van der Waals surface area contributed by atoms with E-state index in [1.54, 1.807) is 7.11 Å². The molecule has 0 saturated carbocycles. The predicted octanol–water partition coefficient (Wildman–Crippen LogP) is 2.53. The molecule has 1 aliphatic rings. The van der Waals surface area contributed by atoms with E-state index >= 15 is 0 Å². The average Bonchev–Trinajstić information content (AvgIpc) is 3.27. The molecule has 1 aliphatic heterocycles. The monoisotopic (exact) mass is 455 g/mol. The van der Waals surface area contributed by atoms with Gasteiger partial charge in [0.05, 0.1) is 18.5 Å². The van der Waals surface area contributed by atoms with Crippen molar-refractivity contribution in [2.24, 2.45) is 10.9 Å². The number of nitrogens with one attached hydrogen (secondary N) is 1. The molecule has 1 unspecified atom stereocenters. The number of methoxy groups -OCH3 is 1. The number of guanidine groups is 1. The molecule has 3 rings (SSSR count). The van der Waals surface area contributed by atoms with Crippen molar-refractivity contribution in [1.82, 2.24) is 20.0 Å². The topological polar surface area (TPSA) is 54.7 Å². The van der Waals surface area contributed by atoms with Crippen LogP contribution in [-0.4, -0.2) is 54.5 Å². The van der Waals surface area contributed by atoms with E-state index in [0.29, 0.717) is 12.5 Å². The van der Waals surface area contributed by atoms with E-state index in [4.69, 9.17) is 4.74 Å². The van der Waals surface area contributed by atoms with E-state index in [0.717, 1.165) is 43.3 Å². The largest absolute Gasteiger partial charge is 0.384 e. The van der Waals surface area contributed by atoms with E-state index in [1.165, 1.54) is 0 Å². The third kappa shape index (κ3) is 5.18. The molecule has 25 heavy (non-hydrogen) atoms. The number of hydrogen-bond acceptors (Lipinski definition) is 3. The molecule has 1 atom stereocenters. The van der Waals surface area contributed by atoms with Gasteiger partial charge in [0.15, 0.2) is 5.96 Å². The lowest BCUT2D eigenvalue weighted by Crippen LogP contribution is -2.39. The molecule has 2 aromatic rings. The summed E-state index contributed by atoms with van der Waals surface area (Å²) < 4.78 is 7.16. The minimum absolute atomic E-state index is 0. The molecule has 2 heterocycles. The number of hydrogen-bond donors (Lipinski definition) is 1. The third-order valence-electron chi connectivity index (χ3n) is 4.31. The van der Waals surface area contributed by atoms with Crippen molar-refractivity contribution in [2.75, 3.05) is 33.9 Å². The maximum absolute atomic E-state index is 5.26. The zero-order valence-electron chi connectivity index (χ0n) is 14.8. The van der Waals surface area contributed by atoms with E-state index in [-0.39, 0.29) is 24.0 Å². The normalized spacial score (nSPS) is 17.4. The third-order valence-corrected chi connectivity index (χ3v) is 4.31. The summed E-state index contributed by atoms with van der Waals surface area (Å²) in [6.07, 6.45) is 5.10. The highest BCUT2D eigenvalue weighted by Gasteiger charge is 2.24. The van der Waals surface area contributed by atoms with Gasteiger partial charge in [0.25, 0.3) is 0 Å². The molecule has 7 heteroatoms. The summed E-state index contributed by atoms with van der Waals surface area (Å²) in [5, 5.41) is 7.87. The number of para-hydroxylation sites is 1. The van der Waals surface area contributed by atoms with Gasteiger partial charge in [0, 0.05) is 51.5 Å². The van der Waals surface area contributed by atoms with Gasteiger partial charge in [-0.15, -0.1) is 24.0 Å². The number of aliphatic imine (C=N–C) groups is 1. The van der Waals surface area contributed by atoms with Crippen LogP contribution in [0.25, 0.3) is 5.69 Å². The van der Waals surface area contributed by atoms with Crippen LogP contribution in [0.15, 0.2) is 47.7 Å². The predicted molar refractivity (Wildman–Crippen MR) is 111 cm³/mol. The van der Waals surface area contributed by atoms with Gasteiger partial charge in [-0.1, -0.05) is 18.2 Å². The fourth-order valence-corrected chi connectivity index (χ4v) is 3.08. The number of ether oxygens (including phenoxy) is 1. The van der Waals surface area contributed by atoms with Gasteiger partial charge in [-0.2, -0.15) is 5.10 Å². The first-order chi connectivity index (χ1) is 11.8. The van der Waals surface area contributed by atoms with Crippen LogP contribution in [0.3, 0.4) is 0 Å². The second kappa shape index (κ2) is 9.76. The van der Waals surface area contributed by atoms with Gasteiger partial charge in [-0.05, 0) is 18.6 Å². The fraction of sp³-hybridized carbons (Fsp3) is 0.444. The standard InChI is InChI=1S/C18H25N5O.HI/c1-19-18(22-9-8-15(12-22)14-24-2)20-10-16-11-21-23(13-16)17-6-4-3-5-7-17;/h3-7,11,13,15H,8-10,12,14H2,1-2H3,(H,19,20);1H. The summed E-state index contributed by atoms with van der Waals surface area (Å²) in [6, 6.07) is 10.1. The summed E-state index contributed by atoms with van der Waals surface area (Å²) in [7, 11) is 3.60. The van der Waals surface area contributed by atoms with Crippen LogP contribution in [-0.2, 0) is 11.3 Å². The van der Waals surface area contributed by atoms with Gasteiger partial charge in [0.2, 0.25) is 0 Å². The molecule has 136 valence electrons. The lowest BCUT2D eigenvalue weighted by molar-refractivity contribution is 0.157. The van der Waals surface area contributed by atoms with Crippen molar-refractivity contribution in [3.63, 3.8) is 0 Å². The number of likely N-dealkylation sites (tertiary alicyclic amines) is 1. The van der Waals surface area contributed by atoms with Gasteiger partial charge in [-0.3, -0.25) is 4.99 Å². The number of aromatic nitrogens is 2. The van der Waals surface area contributed by atoms with Gasteiger partial charge < -0.3 is 15.0 Å². The highest BCUT2D eigenvalue weighted by molar-refractivity contribution is 14.0. The Morgan fingerprint density at radius 3 is 2.88 bits per heavy atom. The van der Waals surface area contributed by atoms with Crippen LogP contribution in [0.1, 0.15) is 12.0 Å². The van der Waals surface area contributed by atoms with Gasteiger partial charge in [-0.25, -0.2) is 4.68 Å². The Morgan fingerprint density at radius 2 is 2.16 bits per heavy atom. The van der Waals surface area contributed by atoms with Crippen molar-refractivity contribution in [3.8, 4) is 5.69 Å². The number of nitrogens with zero attached hydrogens (tertiary/aromatic N) is 4. The Hall–Kier alpha value is -1.61. The molecule has 0 radical (unpaired) electrons. The fourth-order valence-electron chi connectivity index (χ4n) is 3.08. The number of halogens is 1. The molecular formula is C18H26IN5O. The Morgan fingerprint density at radius 1 is 1.36 bits per heavy atom. The zero-order valence-corrected chi connectivity index (χ0v) is 17.1. The van der Waals surface area contributed by atoms with Crippen LogP contribution in [0.2, 0.25) is 0 Å². The lowest BCUT2D eigenvalue weighted by Gasteiger charge is -2.21. The first-order valence-corrected chi connectivity index (χ1v) is 8.33. The van der Waals surface area contributed by atoms with E-state index in [1.807, 2.05) is 54.5 Å². The van der Waals surface area contributed by atoms with Crippen molar-refractivity contribution in [1.29, 1.82) is 0 Å². The minimum atomic E-state index is 0. The van der Waals surface area contributed by atoms with Gasteiger partial charge >= 0.3 is 0 Å². The van der Waals surface area contributed by atoms with E-state index in [9.17, 15) is 0 Å².